The quantitative estimate of drug-likeness (QED) is 0.882. The number of amides is 1. The van der Waals surface area contributed by atoms with Crippen LogP contribution in [-0.2, 0) is 11.3 Å². The van der Waals surface area contributed by atoms with Crippen molar-refractivity contribution in [1.82, 2.24) is 15.1 Å². The van der Waals surface area contributed by atoms with Crippen LogP contribution in [-0.4, -0.2) is 21.7 Å². The van der Waals surface area contributed by atoms with E-state index in [1.54, 1.807) is 6.92 Å². The normalized spacial score (nSPS) is 12.4. The lowest BCUT2D eigenvalue weighted by molar-refractivity contribution is -0.122. The summed E-state index contributed by atoms with van der Waals surface area (Å²) < 4.78 is 1.85. The van der Waals surface area contributed by atoms with Gasteiger partial charge in [0, 0.05) is 18.3 Å². The Bertz CT molecular complexity index is 602. The zero-order valence-corrected chi connectivity index (χ0v) is 12.7. The average molecular weight is 286 g/mol. The van der Waals surface area contributed by atoms with E-state index in [4.69, 9.17) is 5.73 Å². The molecular formula is C16H22N4O. The molecule has 0 saturated heterocycles. The lowest BCUT2D eigenvalue weighted by Gasteiger charge is -2.08. The van der Waals surface area contributed by atoms with Crippen molar-refractivity contribution in [2.45, 2.75) is 39.3 Å². The van der Waals surface area contributed by atoms with Crippen molar-refractivity contribution >= 4 is 5.91 Å². The van der Waals surface area contributed by atoms with Crippen LogP contribution in [0.2, 0.25) is 0 Å². The van der Waals surface area contributed by atoms with Crippen LogP contribution < -0.4 is 11.1 Å². The molecule has 1 aromatic heterocycles. The highest BCUT2D eigenvalue weighted by Crippen LogP contribution is 2.19. The fourth-order valence-corrected chi connectivity index (χ4v) is 2.10. The van der Waals surface area contributed by atoms with Gasteiger partial charge >= 0.3 is 0 Å². The second-order valence-corrected chi connectivity index (χ2v) is 5.48. The number of nitrogens with two attached hydrogens (primary N) is 1. The van der Waals surface area contributed by atoms with Crippen LogP contribution in [0.1, 0.15) is 37.9 Å². The van der Waals surface area contributed by atoms with Gasteiger partial charge in [-0.25, -0.2) is 4.68 Å². The number of nitrogens with one attached hydrogen (secondary N) is 1. The number of hydrogen-bond acceptors (Lipinski definition) is 3. The second-order valence-electron chi connectivity index (χ2n) is 5.48. The van der Waals surface area contributed by atoms with Gasteiger partial charge in [-0.1, -0.05) is 32.0 Å². The number of nitrogens with zero attached hydrogens (tertiary/aromatic N) is 2. The first-order chi connectivity index (χ1) is 9.99. The van der Waals surface area contributed by atoms with Gasteiger partial charge in [0.05, 0.1) is 17.4 Å². The molecule has 0 bridgehead atoms. The first kappa shape index (κ1) is 15.3. The summed E-state index contributed by atoms with van der Waals surface area (Å²) in [4.78, 5) is 11.6. The zero-order valence-electron chi connectivity index (χ0n) is 12.7. The number of rotatable bonds is 5. The van der Waals surface area contributed by atoms with Gasteiger partial charge in [-0.15, -0.1) is 0 Å². The molecule has 0 aliphatic carbocycles. The molecule has 0 spiro atoms. The van der Waals surface area contributed by atoms with Crippen LogP contribution in [0.15, 0.2) is 36.5 Å². The van der Waals surface area contributed by atoms with Gasteiger partial charge in [-0.05, 0) is 25.0 Å². The van der Waals surface area contributed by atoms with E-state index in [0.29, 0.717) is 6.54 Å². The second kappa shape index (κ2) is 6.54. The Morgan fingerprint density at radius 3 is 2.52 bits per heavy atom. The zero-order chi connectivity index (χ0) is 15.4. The lowest BCUT2D eigenvalue weighted by Crippen LogP contribution is -2.37. The SMILES string of the molecule is CC(C)c1nn(-c2ccccc2)cc1CNC(=O)[C@@H](C)N. The summed E-state index contributed by atoms with van der Waals surface area (Å²) in [5.41, 5.74) is 8.57. The van der Waals surface area contributed by atoms with Crippen molar-refractivity contribution in [3.63, 3.8) is 0 Å². The first-order valence-corrected chi connectivity index (χ1v) is 7.16. The van der Waals surface area contributed by atoms with Gasteiger partial charge in [0.2, 0.25) is 5.91 Å². The number of carbonyl (C=O) groups excluding carboxylic acids is 1. The molecule has 0 unspecified atom stereocenters. The maximum Gasteiger partial charge on any atom is 0.236 e. The van der Waals surface area contributed by atoms with Crippen LogP contribution in [0, 0.1) is 0 Å². The minimum atomic E-state index is -0.503. The maximum atomic E-state index is 11.6. The summed E-state index contributed by atoms with van der Waals surface area (Å²) in [6.45, 7) is 6.30. The van der Waals surface area contributed by atoms with Gasteiger partial charge in [-0.2, -0.15) is 5.10 Å². The van der Waals surface area contributed by atoms with E-state index in [9.17, 15) is 4.79 Å². The van der Waals surface area contributed by atoms with Crippen molar-refractivity contribution in [2.24, 2.45) is 5.73 Å². The van der Waals surface area contributed by atoms with Crippen molar-refractivity contribution in [2.75, 3.05) is 0 Å². The fraction of sp³-hybridized carbons (Fsp3) is 0.375. The van der Waals surface area contributed by atoms with Crippen molar-refractivity contribution in [1.29, 1.82) is 0 Å². The highest BCUT2D eigenvalue weighted by Gasteiger charge is 2.15. The predicted octanol–water partition coefficient (Wildman–Crippen LogP) is 1.96. The summed E-state index contributed by atoms with van der Waals surface area (Å²) in [6, 6.07) is 9.42. The average Bonchev–Trinajstić information content (AvgIpc) is 2.90. The molecule has 0 saturated carbocycles. The van der Waals surface area contributed by atoms with E-state index in [-0.39, 0.29) is 11.8 Å². The highest BCUT2D eigenvalue weighted by molar-refractivity contribution is 5.80. The number of aromatic nitrogens is 2. The topological polar surface area (TPSA) is 72.9 Å². The molecule has 112 valence electrons. The molecule has 2 rings (SSSR count). The van der Waals surface area contributed by atoms with E-state index < -0.39 is 6.04 Å². The molecule has 0 radical (unpaired) electrons. The molecule has 0 aliphatic rings. The Morgan fingerprint density at radius 2 is 1.95 bits per heavy atom. The Balaban J connectivity index is 2.24. The summed E-state index contributed by atoms with van der Waals surface area (Å²) >= 11 is 0. The molecule has 1 aromatic carbocycles. The third-order valence-electron chi connectivity index (χ3n) is 3.26. The smallest absolute Gasteiger partial charge is 0.236 e. The summed E-state index contributed by atoms with van der Waals surface area (Å²) in [5.74, 6) is 0.134. The third kappa shape index (κ3) is 3.70. The van der Waals surface area contributed by atoms with Crippen LogP contribution in [0.3, 0.4) is 0 Å². The van der Waals surface area contributed by atoms with E-state index in [1.165, 1.54) is 0 Å². The molecule has 0 fully saturated rings. The molecule has 0 aliphatic heterocycles. The minimum Gasteiger partial charge on any atom is -0.351 e. The monoisotopic (exact) mass is 286 g/mol. The van der Waals surface area contributed by atoms with E-state index in [2.05, 4.69) is 24.3 Å². The summed E-state index contributed by atoms with van der Waals surface area (Å²) in [5, 5.41) is 7.48. The Hall–Kier alpha value is -2.14. The number of carbonyl (C=O) groups is 1. The third-order valence-corrected chi connectivity index (χ3v) is 3.26. The van der Waals surface area contributed by atoms with E-state index in [0.717, 1.165) is 16.9 Å². The number of hydrogen-bond donors (Lipinski definition) is 2. The molecule has 21 heavy (non-hydrogen) atoms. The number of benzene rings is 1. The molecule has 5 nitrogen and oxygen atoms in total. The first-order valence-electron chi connectivity index (χ1n) is 7.16. The van der Waals surface area contributed by atoms with Crippen LogP contribution in [0.25, 0.3) is 5.69 Å². The number of para-hydroxylation sites is 1. The van der Waals surface area contributed by atoms with E-state index >= 15 is 0 Å². The standard InChI is InChI=1S/C16H22N4O/c1-11(2)15-13(9-18-16(21)12(3)17)10-20(19-15)14-7-5-4-6-8-14/h4-8,10-12H,9,17H2,1-3H3,(H,18,21)/t12-/m1/s1. The van der Waals surface area contributed by atoms with Crippen LogP contribution in [0.5, 0.6) is 0 Å². The summed E-state index contributed by atoms with van der Waals surface area (Å²) in [7, 11) is 0. The summed E-state index contributed by atoms with van der Waals surface area (Å²) in [6.07, 6.45) is 1.96. The molecular weight excluding hydrogens is 264 g/mol. The van der Waals surface area contributed by atoms with Crippen molar-refractivity contribution in [3.8, 4) is 5.69 Å². The van der Waals surface area contributed by atoms with Crippen molar-refractivity contribution in [3.05, 3.63) is 47.8 Å². The van der Waals surface area contributed by atoms with Gasteiger partial charge in [0.1, 0.15) is 0 Å². The Morgan fingerprint density at radius 1 is 1.29 bits per heavy atom. The molecule has 1 atom stereocenters. The van der Waals surface area contributed by atoms with Crippen molar-refractivity contribution < 1.29 is 4.79 Å². The highest BCUT2D eigenvalue weighted by atomic mass is 16.2. The largest absolute Gasteiger partial charge is 0.351 e. The molecule has 2 aromatic rings. The Labute approximate surface area is 125 Å². The molecule has 5 heteroatoms. The van der Waals surface area contributed by atoms with Gasteiger partial charge in [0.15, 0.2) is 0 Å². The predicted molar refractivity (Wildman–Crippen MR) is 83.1 cm³/mol. The lowest BCUT2D eigenvalue weighted by atomic mass is 10.1. The maximum absolute atomic E-state index is 11.6. The molecule has 1 amide bonds. The van der Waals surface area contributed by atoms with E-state index in [1.807, 2.05) is 41.2 Å². The molecule has 1 heterocycles. The van der Waals surface area contributed by atoms with Crippen LogP contribution in [0.4, 0.5) is 0 Å². The minimum absolute atomic E-state index is 0.155. The van der Waals surface area contributed by atoms with Gasteiger partial charge in [0.25, 0.3) is 0 Å². The van der Waals surface area contributed by atoms with Crippen LogP contribution >= 0.6 is 0 Å². The van der Waals surface area contributed by atoms with Gasteiger partial charge < -0.3 is 11.1 Å². The fourth-order valence-electron chi connectivity index (χ4n) is 2.10. The Kier molecular flexibility index (Phi) is 4.75. The van der Waals surface area contributed by atoms with Gasteiger partial charge in [-0.3, -0.25) is 4.79 Å². The molecule has 3 N–H and O–H groups in total.